The Morgan fingerprint density at radius 2 is 2.04 bits per heavy atom. The van der Waals surface area contributed by atoms with Gasteiger partial charge in [0.1, 0.15) is 5.69 Å². The molecular weight excluding hydrogens is 286 g/mol. The molecule has 1 aromatic rings. The summed E-state index contributed by atoms with van der Waals surface area (Å²) < 4.78 is 0. The fourth-order valence-electron chi connectivity index (χ4n) is 4.21. The van der Waals surface area contributed by atoms with Gasteiger partial charge in [0.2, 0.25) is 0 Å². The highest BCUT2D eigenvalue weighted by atomic mass is 16.2. The van der Waals surface area contributed by atoms with Gasteiger partial charge in [-0.2, -0.15) is 0 Å². The summed E-state index contributed by atoms with van der Waals surface area (Å²) >= 11 is 0. The number of aromatic nitrogens is 1. The van der Waals surface area contributed by atoms with E-state index in [1.807, 2.05) is 17.2 Å². The van der Waals surface area contributed by atoms with Crippen molar-refractivity contribution >= 4 is 5.91 Å². The second-order valence-corrected chi connectivity index (χ2v) is 7.00. The van der Waals surface area contributed by atoms with Crippen LogP contribution in [0, 0.1) is 0 Å². The fourth-order valence-corrected chi connectivity index (χ4v) is 4.21. The Labute approximate surface area is 139 Å². The molecule has 2 heterocycles. The highest BCUT2D eigenvalue weighted by Gasteiger charge is 2.27. The van der Waals surface area contributed by atoms with Crippen molar-refractivity contribution in [1.82, 2.24) is 14.8 Å². The Bertz CT molecular complexity index is 539. The normalized spacial score (nSPS) is 23.1. The van der Waals surface area contributed by atoms with Crippen LogP contribution in [0.25, 0.3) is 0 Å². The summed E-state index contributed by atoms with van der Waals surface area (Å²) in [5, 5.41) is 0. The van der Waals surface area contributed by atoms with Crippen LogP contribution in [0.4, 0.5) is 0 Å². The minimum absolute atomic E-state index is 0.113. The summed E-state index contributed by atoms with van der Waals surface area (Å²) in [6, 6.07) is 4.94. The SMILES string of the molecule is CCN(C(=O)c1cc([C@H]2CCCN2C)ccn1)C1CCCCC1. The number of carbonyl (C=O) groups excluding carboxylic acids is 1. The molecule has 0 bridgehead atoms. The van der Waals surface area contributed by atoms with Gasteiger partial charge in [0.15, 0.2) is 0 Å². The predicted octanol–water partition coefficient (Wildman–Crippen LogP) is 3.64. The first kappa shape index (κ1) is 16.4. The molecule has 126 valence electrons. The lowest BCUT2D eigenvalue weighted by Gasteiger charge is -2.33. The monoisotopic (exact) mass is 315 g/mol. The highest BCUT2D eigenvalue weighted by molar-refractivity contribution is 5.92. The van der Waals surface area contributed by atoms with Crippen LogP contribution in [0.5, 0.6) is 0 Å². The summed E-state index contributed by atoms with van der Waals surface area (Å²) in [6.45, 7) is 4.00. The fraction of sp³-hybridized carbons (Fsp3) is 0.684. The van der Waals surface area contributed by atoms with E-state index < -0.39 is 0 Å². The molecule has 1 saturated heterocycles. The summed E-state index contributed by atoms with van der Waals surface area (Å²) in [5.41, 5.74) is 1.86. The van der Waals surface area contributed by atoms with Crippen LogP contribution in [-0.2, 0) is 0 Å². The van der Waals surface area contributed by atoms with Crippen molar-refractivity contribution in [3.05, 3.63) is 29.6 Å². The topological polar surface area (TPSA) is 36.4 Å². The molecule has 2 fully saturated rings. The largest absolute Gasteiger partial charge is 0.335 e. The van der Waals surface area contributed by atoms with E-state index in [-0.39, 0.29) is 5.91 Å². The molecule has 1 amide bonds. The zero-order valence-electron chi connectivity index (χ0n) is 14.5. The van der Waals surface area contributed by atoms with Gasteiger partial charge in [0, 0.05) is 24.8 Å². The third-order valence-electron chi connectivity index (χ3n) is 5.53. The zero-order valence-corrected chi connectivity index (χ0v) is 14.5. The molecule has 1 aromatic heterocycles. The van der Waals surface area contributed by atoms with Gasteiger partial charge in [-0.05, 0) is 63.9 Å². The van der Waals surface area contributed by atoms with Crippen LogP contribution >= 0.6 is 0 Å². The molecule has 0 unspecified atom stereocenters. The van der Waals surface area contributed by atoms with Crippen molar-refractivity contribution in [2.24, 2.45) is 0 Å². The number of hydrogen-bond acceptors (Lipinski definition) is 3. The molecule has 0 N–H and O–H groups in total. The second kappa shape index (κ2) is 7.43. The number of pyridine rings is 1. The van der Waals surface area contributed by atoms with Gasteiger partial charge in [-0.15, -0.1) is 0 Å². The first-order valence-corrected chi connectivity index (χ1v) is 9.18. The van der Waals surface area contributed by atoms with E-state index in [2.05, 4.69) is 29.9 Å². The van der Waals surface area contributed by atoms with Gasteiger partial charge in [-0.25, -0.2) is 0 Å². The molecule has 0 spiro atoms. The minimum Gasteiger partial charge on any atom is -0.335 e. The molecular formula is C19H29N3O. The third-order valence-corrected chi connectivity index (χ3v) is 5.53. The summed E-state index contributed by atoms with van der Waals surface area (Å²) in [7, 11) is 2.17. The zero-order chi connectivity index (χ0) is 16.2. The lowest BCUT2D eigenvalue weighted by Crippen LogP contribution is -2.41. The number of rotatable bonds is 4. The Morgan fingerprint density at radius 1 is 1.26 bits per heavy atom. The Balaban J connectivity index is 1.78. The average Bonchev–Trinajstić information content (AvgIpc) is 3.02. The maximum absolute atomic E-state index is 13.0. The van der Waals surface area contributed by atoms with Crippen LogP contribution < -0.4 is 0 Å². The predicted molar refractivity (Wildman–Crippen MR) is 92.4 cm³/mol. The molecule has 23 heavy (non-hydrogen) atoms. The van der Waals surface area contributed by atoms with Gasteiger partial charge in [0.25, 0.3) is 5.91 Å². The minimum atomic E-state index is 0.113. The average molecular weight is 315 g/mol. The molecule has 0 aromatic carbocycles. The quantitative estimate of drug-likeness (QED) is 0.851. The third kappa shape index (κ3) is 3.57. The van der Waals surface area contributed by atoms with Gasteiger partial charge < -0.3 is 4.90 Å². The summed E-state index contributed by atoms with van der Waals surface area (Å²) in [5.74, 6) is 0.113. The standard InChI is InChI=1S/C19H29N3O/c1-3-22(16-8-5-4-6-9-16)19(23)17-14-15(11-12-20-17)18-10-7-13-21(18)2/h11-12,14,16,18H,3-10,13H2,1-2H3/t18-/m1/s1. The van der Waals surface area contributed by atoms with Gasteiger partial charge in [0.05, 0.1) is 0 Å². The number of amides is 1. The van der Waals surface area contributed by atoms with Crippen LogP contribution in [0.2, 0.25) is 0 Å². The molecule has 3 rings (SSSR count). The molecule has 2 aliphatic rings. The van der Waals surface area contributed by atoms with Crippen molar-refractivity contribution in [3.8, 4) is 0 Å². The summed E-state index contributed by atoms with van der Waals surface area (Å²) in [6.07, 6.45) is 10.3. The lowest BCUT2D eigenvalue weighted by molar-refractivity contribution is 0.0641. The first-order chi connectivity index (χ1) is 11.2. The molecule has 1 aliphatic carbocycles. The van der Waals surface area contributed by atoms with E-state index in [0.29, 0.717) is 17.8 Å². The highest BCUT2D eigenvalue weighted by Crippen LogP contribution is 2.30. The Hall–Kier alpha value is -1.42. The van der Waals surface area contributed by atoms with E-state index in [1.165, 1.54) is 37.7 Å². The molecule has 1 atom stereocenters. The van der Waals surface area contributed by atoms with E-state index in [1.54, 1.807) is 0 Å². The molecule has 1 aliphatic heterocycles. The van der Waals surface area contributed by atoms with Gasteiger partial charge >= 0.3 is 0 Å². The molecule has 1 saturated carbocycles. The van der Waals surface area contributed by atoms with Crippen LogP contribution in [-0.4, -0.2) is 46.9 Å². The van der Waals surface area contributed by atoms with Crippen molar-refractivity contribution < 1.29 is 4.79 Å². The number of likely N-dealkylation sites (tertiary alicyclic amines) is 1. The number of nitrogens with zero attached hydrogens (tertiary/aromatic N) is 3. The van der Waals surface area contributed by atoms with E-state index in [9.17, 15) is 4.79 Å². The first-order valence-electron chi connectivity index (χ1n) is 9.18. The van der Waals surface area contributed by atoms with Crippen molar-refractivity contribution in [3.63, 3.8) is 0 Å². The van der Waals surface area contributed by atoms with E-state index in [4.69, 9.17) is 0 Å². The molecule has 4 nitrogen and oxygen atoms in total. The van der Waals surface area contributed by atoms with Crippen LogP contribution in [0.15, 0.2) is 18.3 Å². The number of hydrogen-bond donors (Lipinski definition) is 0. The van der Waals surface area contributed by atoms with E-state index >= 15 is 0 Å². The lowest BCUT2D eigenvalue weighted by atomic mass is 9.94. The van der Waals surface area contributed by atoms with Crippen molar-refractivity contribution in [2.75, 3.05) is 20.1 Å². The smallest absolute Gasteiger partial charge is 0.272 e. The second-order valence-electron chi connectivity index (χ2n) is 7.00. The maximum Gasteiger partial charge on any atom is 0.272 e. The van der Waals surface area contributed by atoms with Crippen LogP contribution in [0.3, 0.4) is 0 Å². The van der Waals surface area contributed by atoms with Crippen LogP contribution in [0.1, 0.15) is 74.0 Å². The Kier molecular flexibility index (Phi) is 5.31. The van der Waals surface area contributed by atoms with Crippen molar-refractivity contribution in [1.29, 1.82) is 0 Å². The van der Waals surface area contributed by atoms with E-state index in [0.717, 1.165) is 25.9 Å². The molecule has 0 radical (unpaired) electrons. The summed E-state index contributed by atoms with van der Waals surface area (Å²) in [4.78, 5) is 21.8. The van der Waals surface area contributed by atoms with Crippen molar-refractivity contribution in [2.45, 2.75) is 64.0 Å². The van der Waals surface area contributed by atoms with Gasteiger partial charge in [-0.3, -0.25) is 14.7 Å². The Morgan fingerprint density at radius 3 is 2.70 bits per heavy atom. The molecule has 4 heteroatoms. The maximum atomic E-state index is 13.0. The number of carbonyl (C=O) groups is 1. The van der Waals surface area contributed by atoms with Gasteiger partial charge in [-0.1, -0.05) is 19.3 Å².